The van der Waals surface area contributed by atoms with Gasteiger partial charge in [0, 0.05) is 19.3 Å². The van der Waals surface area contributed by atoms with E-state index in [4.69, 9.17) is 9.88 Å². The number of hydrogen-bond acceptors (Lipinski definition) is 4. The maximum Gasteiger partial charge on any atom is 0.418 e. The highest BCUT2D eigenvalue weighted by atomic mass is 32.2. The van der Waals surface area contributed by atoms with Crippen LogP contribution >= 0.6 is 0 Å². The first kappa shape index (κ1) is 19.2. The quantitative estimate of drug-likeness (QED) is 0.814. The predicted octanol–water partition coefficient (Wildman–Crippen LogP) is 3.11. The molecule has 0 aliphatic heterocycles. The minimum atomic E-state index is -4.73. The van der Waals surface area contributed by atoms with Crippen LogP contribution in [0.5, 0.6) is 0 Å². The van der Waals surface area contributed by atoms with Crippen LogP contribution in [0.3, 0.4) is 0 Å². The number of alkyl halides is 3. The van der Waals surface area contributed by atoms with Crippen LogP contribution in [0.25, 0.3) is 0 Å². The van der Waals surface area contributed by atoms with E-state index in [2.05, 4.69) is 5.32 Å². The van der Waals surface area contributed by atoms with Gasteiger partial charge in [-0.05, 0) is 29.3 Å². The number of nitrogens with one attached hydrogen (secondary N) is 1. The highest BCUT2D eigenvalue weighted by Crippen LogP contribution is 2.36. The Kier molecular flexibility index (Phi) is 5.71. The Morgan fingerprint density at radius 2 is 1.76 bits per heavy atom. The van der Waals surface area contributed by atoms with E-state index in [1.54, 1.807) is 18.2 Å². The lowest BCUT2D eigenvalue weighted by Crippen LogP contribution is -2.16. The Hall–Kier alpha value is -2.10. The van der Waals surface area contributed by atoms with Gasteiger partial charge in [-0.25, -0.2) is 13.6 Å². The Labute approximate surface area is 143 Å². The Morgan fingerprint density at radius 1 is 1.12 bits per heavy atom. The van der Waals surface area contributed by atoms with Crippen LogP contribution < -0.4 is 10.5 Å². The van der Waals surface area contributed by atoms with E-state index in [0.29, 0.717) is 12.7 Å². The molecular weight excluding hydrogens is 357 g/mol. The monoisotopic (exact) mass is 374 g/mol. The number of benzene rings is 2. The second kappa shape index (κ2) is 7.42. The van der Waals surface area contributed by atoms with Crippen molar-refractivity contribution in [3.63, 3.8) is 0 Å². The topological polar surface area (TPSA) is 81.4 Å². The van der Waals surface area contributed by atoms with Gasteiger partial charge in [-0.2, -0.15) is 13.2 Å². The Balaban J connectivity index is 2.34. The molecule has 2 rings (SSSR count). The van der Waals surface area contributed by atoms with Crippen LogP contribution in [0, 0.1) is 0 Å². The summed E-state index contributed by atoms with van der Waals surface area (Å²) in [4.78, 5) is -0.592. The fourth-order valence-electron chi connectivity index (χ4n) is 2.31. The molecule has 0 aliphatic rings. The van der Waals surface area contributed by atoms with Gasteiger partial charge < -0.3 is 10.1 Å². The van der Waals surface area contributed by atoms with Crippen LogP contribution in [-0.2, 0) is 34.1 Å². The van der Waals surface area contributed by atoms with Crippen molar-refractivity contribution in [3.05, 3.63) is 59.2 Å². The molecule has 2 aromatic carbocycles. The molecule has 0 amide bonds. The fourth-order valence-corrected chi connectivity index (χ4v) is 2.85. The SMILES string of the molecule is COCc1ccccc1CNc1ccc(S(N)(=O)=O)cc1C(F)(F)F. The van der Waals surface area contributed by atoms with E-state index in [0.717, 1.165) is 23.3 Å². The minimum absolute atomic E-state index is 0.122. The summed E-state index contributed by atoms with van der Waals surface area (Å²) in [5.41, 5.74) is 0.288. The molecule has 0 aromatic heterocycles. The number of sulfonamides is 1. The van der Waals surface area contributed by atoms with Crippen LogP contribution in [-0.4, -0.2) is 15.5 Å². The molecule has 9 heteroatoms. The van der Waals surface area contributed by atoms with Crippen molar-refractivity contribution in [2.75, 3.05) is 12.4 Å². The van der Waals surface area contributed by atoms with Crippen LogP contribution in [0.1, 0.15) is 16.7 Å². The number of rotatable bonds is 6. The lowest BCUT2D eigenvalue weighted by molar-refractivity contribution is -0.137. The molecule has 0 bridgehead atoms. The molecule has 0 fully saturated rings. The summed E-state index contributed by atoms with van der Waals surface area (Å²) in [6.07, 6.45) is -4.73. The first-order valence-electron chi connectivity index (χ1n) is 7.16. The highest BCUT2D eigenvalue weighted by molar-refractivity contribution is 7.89. The number of nitrogens with two attached hydrogens (primary N) is 1. The van der Waals surface area contributed by atoms with Gasteiger partial charge in [0.05, 0.1) is 17.1 Å². The maximum atomic E-state index is 13.2. The third-order valence-electron chi connectivity index (χ3n) is 3.51. The summed E-state index contributed by atoms with van der Waals surface area (Å²) in [5.74, 6) is 0. The molecular formula is C16H17F3N2O3S. The Morgan fingerprint density at radius 3 is 2.32 bits per heavy atom. The van der Waals surface area contributed by atoms with Crippen molar-refractivity contribution in [3.8, 4) is 0 Å². The molecule has 3 N–H and O–H groups in total. The smallest absolute Gasteiger partial charge is 0.380 e. The number of ether oxygens (including phenoxy) is 1. The molecule has 25 heavy (non-hydrogen) atoms. The first-order valence-corrected chi connectivity index (χ1v) is 8.71. The third-order valence-corrected chi connectivity index (χ3v) is 4.42. The summed E-state index contributed by atoms with van der Waals surface area (Å²) >= 11 is 0. The maximum absolute atomic E-state index is 13.2. The summed E-state index contributed by atoms with van der Waals surface area (Å²) in [6.45, 7) is 0.450. The molecule has 0 atom stereocenters. The van der Waals surface area contributed by atoms with Gasteiger partial charge in [-0.15, -0.1) is 0 Å². The van der Waals surface area contributed by atoms with Crippen molar-refractivity contribution in [2.45, 2.75) is 24.2 Å². The summed E-state index contributed by atoms with van der Waals surface area (Å²) in [5, 5.41) is 7.61. The van der Waals surface area contributed by atoms with Crippen molar-refractivity contribution >= 4 is 15.7 Å². The molecule has 0 unspecified atom stereocenters. The van der Waals surface area contributed by atoms with E-state index < -0.39 is 26.7 Å². The number of anilines is 1. The van der Waals surface area contributed by atoms with Gasteiger partial charge in [0.25, 0.3) is 0 Å². The van der Waals surface area contributed by atoms with E-state index in [1.165, 1.54) is 7.11 Å². The first-order chi connectivity index (χ1) is 11.6. The average molecular weight is 374 g/mol. The molecule has 0 radical (unpaired) electrons. The molecule has 0 heterocycles. The summed E-state index contributed by atoms with van der Waals surface area (Å²) < 4.78 is 67.4. The van der Waals surface area contributed by atoms with Gasteiger partial charge in [0.1, 0.15) is 0 Å². The van der Waals surface area contributed by atoms with Crippen LogP contribution in [0.2, 0.25) is 0 Å². The van der Waals surface area contributed by atoms with E-state index in [1.807, 2.05) is 6.07 Å². The lowest BCUT2D eigenvalue weighted by atomic mass is 10.1. The van der Waals surface area contributed by atoms with Gasteiger partial charge in [0.2, 0.25) is 10.0 Å². The molecule has 5 nitrogen and oxygen atoms in total. The van der Waals surface area contributed by atoms with Gasteiger partial charge in [0.15, 0.2) is 0 Å². The number of primary sulfonamides is 1. The van der Waals surface area contributed by atoms with Crippen molar-refractivity contribution in [1.29, 1.82) is 0 Å². The normalized spacial score (nSPS) is 12.2. The highest BCUT2D eigenvalue weighted by Gasteiger charge is 2.34. The van der Waals surface area contributed by atoms with Gasteiger partial charge >= 0.3 is 6.18 Å². The zero-order chi connectivity index (χ0) is 18.7. The molecule has 0 aliphatic carbocycles. The van der Waals surface area contributed by atoms with Crippen molar-refractivity contribution < 1.29 is 26.3 Å². The lowest BCUT2D eigenvalue weighted by Gasteiger charge is -2.17. The minimum Gasteiger partial charge on any atom is -0.380 e. The molecule has 136 valence electrons. The zero-order valence-corrected chi connectivity index (χ0v) is 14.1. The molecule has 0 saturated heterocycles. The van der Waals surface area contributed by atoms with Crippen molar-refractivity contribution in [1.82, 2.24) is 0 Å². The van der Waals surface area contributed by atoms with Gasteiger partial charge in [-0.3, -0.25) is 0 Å². The predicted molar refractivity (Wildman–Crippen MR) is 87.3 cm³/mol. The van der Waals surface area contributed by atoms with Crippen LogP contribution in [0.4, 0.5) is 18.9 Å². The Bertz CT molecular complexity index is 852. The van der Waals surface area contributed by atoms with Crippen LogP contribution in [0.15, 0.2) is 47.4 Å². The summed E-state index contributed by atoms with van der Waals surface area (Å²) in [6, 6.07) is 9.78. The number of halogens is 3. The van der Waals surface area contributed by atoms with E-state index in [-0.39, 0.29) is 12.2 Å². The van der Waals surface area contributed by atoms with Crippen molar-refractivity contribution in [2.24, 2.45) is 5.14 Å². The molecule has 2 aromatic rings. The molecule has 0 saturated carbocycles. The second-order valence-electron chi connectivity index (χ2n) is 5.31. The largest absolute Gasteiger partial charge is 0.418 e. The average Bonchev–Trinajstić information content (AvgIpc) is 2.52. The van der Waals surface area contributed by atoms with E-state index in [9.17, 15) is 21.6 Å². The third kappa shape index (κ3) is 4.94. The fraction of sp³-hybridized carbons (Fsp3) is 0.250. The van der Waals surface area contributed by atoms with Gasteiger partial charge in [-0.1, -0.05) is 24.3 Å². The second-order valence-corrected chi connectivity index (χ2v) is 6.87. The molecule has 0 spiro atoms. The zero-order valence-electron chi connectivity index (χ0n) is 13.3. The number of methoxy groups -OCH3 is 1. The standard InChI is InChI=1S/C16H17F3N2O3S/c1-24-10-12-5-3-2-4-11(12)9-21-15-7-6-13(25(20,22)23)8-14(15)16(17,18)19/h2-8,21H,9-10H2,1H3,(H2,20,22,23). The summed E-state index contributed by atoms with van der Waals surface area (Å²) in [7, 11) is -2.70. The van der Waals surface area contributed by atoms with E-state index >= 15 is 0 Å². The number of hydrogen-bond donors (Lipinski definition) is 2.